The van der Waals surface area contributed by atoms with Gasteiger partial charge >= 0.3 is 10.2 Å². The Balaban J connectivity index is 2.26. The third-order valence-electron chi connectivity index (χ3n) is 3.24. The molecule has 1 atom stereocenters. The molecule has 1 aliphatic rings. The highest BCUT2D eigenvalue weighted by Gasteiger charge is 2.34. The second-order valence-electron chi connectivity index (χ2n) is 4.94. The standard InChI is InChI=1S/C12H14ClFN2O3S/c1-7-2-11(10(15)4-9(7)13)16-5-8(3-12(16)17)6-20(14,18)19/h2,4,8H,3,5-6,15H2,1H3. The highest BCUT2D eigenvalue weighted by Crippen LogP contribution is 2.34. The quantitative estimate of drug-likeness (QED) is 0.681. The smallest absolute Gasteiger partial charge is 0.302 e. The van der Waals surface area contributed by atoms with Gasteiger partial charge in [-0.05, 0) is 24.6 Å². The molecule has 1 fully saturated rings. The van der Waals surface area contributed by atoms with Gasteiger partial charge in [-0.3, -0.25) is 4.79 Å². The molecule has 2 N–H and O–H groups in total. The van der Waals surface area contributed by atoms with Gasteiger partial charge in [0.15, 0.2) is 0 Å². The number of hydrogen-bond donors (Lipinski definition) is 1. The largest absolute Gasteiger partial charge is 0.397 e. The highest BCUT2D eigenvalue weighted by atomic mass is 35.5. The van der Waals surface area contributed by atoms with Gasteiger partial charge < -0.3 is 10.6 Å². The summed E-state index contributed by atoms with van der Waals surface area (Å²) >= 11 is 5.93. The third-order valence-corrected chi connectivity index (χ3v) is 4.52. The summed E-state index contributed by atoms with van der Waals surface area (Å²) in [6, 6.07) is 3.21. The summed E-state index contributed by atoms with van der Waals surface area (Å²) in [5.74, 6) is -1.48. The normalized spacial score (nSPS) is 19.6. The molecule has 20 heavy (non-hydrogen) atoms. The number of anilines is 2. The number of benzene rings is 1. The Morgan fingerprint density at radius 2 is 2.15 bits per heavy atom. The van der Waals surface area contributed by atoms with E-state index in [0.717, 1.165) is 5.56 Å². The summed E-state index contributed by atoms with van der Waals surface area (Å²) < 4.78 is 34.0. The van der Waals surface area contributed by atoms with Crippen molar-refractivity contribution in [3.8, 4) is 0 Å². The Kier molecular flexibility index (Phi) is 3.93. The van der Waals surface area contributed by atoms with Crippen molar-refractivity contribution in [2.24, 2.45) is 5.92 Å². The fourth-order valence-corrected chi connectivity index (χ4v) is 3.28. The van der Waals surface area contributed by atoms with E-state index >= 15 is 0 Å². The number of hydrogen-bond acceptors (Lipinski definition) is 4. The van der Waals surface area contributed by atoms with Crippen LogP contribution in [0.1, 0.15) is 12.0 Å². The molecule has 1 unspecified atom stereocenters. The first kappa shape index (κ1) is 15.1. The number of halogens is 2. The topological polar surface area (TPSA) is 80.5 Å². The van der Waals surface area contributed by atoms with Gasteiger partial charge in [-0.25, -0.2) is 0 Å². The molecule has 8 heteroatoms. The van der Waals surface area contributed by atoms with E-state index in [1.54, 1.807) is 19.1 Å². The number of rotatable bonds is 3. The SMILES string of the molecule is Cc1cc(N2CC(CS(=O)(=O)F)CC2=O)c(N)cc1Cl. The molecule has 110 valence electrons. The van der Waals surface area contributed by atoms with E-state index in [2.05, 4.69) is 0 Å². The minimum Gasteiger partial charge on any atom is -0.397 e. The third kappa shape index (κ3) is 3.21. The molecular formula is C12H14ClFN2O3S. The van der Waals surface area contributed by atoms with Gasteiger partial charge in [-0.1, -0.05) is 11.6 Å². The van der Waals surface area contributed by atoms with E-state index < -0.39 is 21.9 Å². The van der Waals surface area contributed by atoms with E-state index in [9.17, 15) is 17.1 Å². The second kappa shape index (κ2) is 5.21. The molecular weight excluding hydrogens is 307 g/mol. The van der Waals surface area contributed by atoms with Crippen LogP contribution >= 0.6 is 11.6 Å². The molecule has 2 rings (SSSR count). The molecule has 1 saturated heterocycles. The van der Waals surface area contributed by atoms with Crippen molar-refractivity contribution in [3.05, 3.63) is 22.7 Å². The Morgan fingerprint density at radius 3 is 2.75 bits per heavy atom. The van der Waals surface area contributed by atoms with Crippen LogP contribution < -0.4 is 10.6 Å². The summed E-state index contributed by atoms with van der Waals surface area (Å²) in [6.45, 7) is 1.91. The van der Waals surface area contributed by atoms with Gasteiger partial charge in [-0.2, -0.15) is 8.42 Å². The first-order valence-corrected chi connectivity index (χ1v) is 7.89. The van der Waals surface area contributed by atoms with Crippen molar-refractivity contribution in [2.75, 3.05) is 22.9 Å². The van der Waals surface area contributed by atoms with E-state index in [4.69, 9.17) is 17.3 Å². The molecule has 1 amide bonds. The molecule has 0 bridgehead atoms. The number of carbonyl (C=O) groups excluding carboxylic acids is 1. The van der Waals surface area contributed by atoms with Gasteiger partial charge in [0, 0.05) is 23.9 Å². The molecule has 1 aromatic carbocycles. The minimum atomic E-state index is -4.59. The number of carbonyl (C=O) groups is 1. The molecule has 0 aromatic heterocycles. The van der Waals surface area contributed by atoms with Crippen LogP contribution in [0, 0.1) is 12.8 Å². The number of aryl methyl sites for hydroxylation is 1. The fourth-order valence-electron chi connectivity index (χ4n) is 2.32. The monoisotopic (exact) mass is 320 g/mol. The predicted molar refractivity (Wildman–Crippen MR) is 76.0 cm³/mol. The maximum Gasteiger partial charge on any atom is 0.302 e. The maximum atomic E-state index is 12.7. The van der Waals surface area contributed by atoms with Crippen molar-refractivity contribution in [2.45, 2.75) is 13.3 Å². The van der Waals surface area contributed by atoms with Crippen LogP contribution in [-0.4, -0.2) is 26.6 Å². The zero-order valence-electron chi connectivity index (χ0n) is 10.8. The molecule has 1 aromatic rings. The van der Waals surface area contributed by atoms with Crippen LogP contribution in [0.2, 0.25) is 5.02 Å². The van der Waals surface area contributed by atoms with Crippen LogP contribution in [0.3, 0.4) is 0 Å². The van der Waals surface area contributed by atoms with Gasteiger partial charge in [0.05, 0.1) is 17.1 Å². The lowest BCUT2D eigenvalue weighted by Gasteiger charge is -2.19. The molecule has 1 aliphatic heterocycles. The van der Waals surface area contributed by atoms with Crippen LogP contribution in [0.25, 0.3) is 0 Å². The first-order valence-electron chi connectivity index (χ1n) is 5.95. The van der Waals surface area contributed by atoms with Gasteiger partial charge in [-0.15, -0.1) is 3.89 Å². The predicted octanol–water partition coefficient (Wildman–Crippen LogP) is 1.88. The summed E-state index contributed by atoms with van der Waals surface area (Å²) in [5, 5.41) is 0.487. The average molecular weight is 321 g/mol. The number of nitrogens with zero attached hydrogens (tertiary/aromatic N) is 1. The maximum absolute atomic E-state index is 12.7. The molecule has 0 saturated carbocycles. The van der Waals surface area contributed by atoms with Crippen molar-refractivity contribution < 1.29 is 17.1 Å². The molecule has 5 nitrogen and oxygen atoms in total. The molecule has 1 heterocycles. The summed E-state index contributed by atoms with van der Waals surface area (Å²) in [4.78, 5) is 13.3. The molecule has 0 radical (unpaired) electrons. The Bertz CT molecular complexity index is 663. The first-order chi connectivity index (χ1) is 9.17. The van der Waals surface area contributed by atoms with Crippen molar-refractivity contribution in [1.29, 1.82) is 0 Å². The van der Waals surface area contributed by atoms with E-state index in [1.807, 2.05) is 0 Å². The summed E-state index contributed by atoms with van der Waals surface area (Å²) in [7, 11) is -4.59. The van der Waals surface area contributed by atoms with E-state index in [1.165, 1.54) is 4.90 Å². The lowest BCUT2D eigenvalue weighted by atomic mass is 10.1. The van der Waals surface area contributed by atoms with Crippen molar-refractivity contribution >= 4 is 39.1 Å². The van der Waals surface area contributed by atoms with Crippen LogP contribution in [0.5, 0.6) is 0 Å². The van der Waals surface area contributed by atoms with Gasteiger partial charge in [0.2, 0.25) is 5.91 Å². The Hall–Kier alpha value is -1.34. The Labute approximate surface area is 121 Å². The second-order valence-corrected chi connectivity index (χ2v) is 6.76. The molecule has 0 spiro atoms. The minimum absolute atomic E-state index is 0.00966. The number of nitrogens with two attached hydrogens (primary N) is 1. The zero-order valence-corrected chi connectivity index (χ0v) is 12.3. The number of nitrogen functional groups attached to an aromatic ring is 1. The van der Waals surface area contributed by atoms with Crippen molar-refractivity contribution in [3.63, 3.8) is 0 Å². The van der Waals surface area contributed by atoms with Crippen molar-refractivity contribution in [1.82, 2.24) is 0 Å². The Morgan fingerprint density at radius 1 is 1.50 bits per heavy atom. The van der Waals surface area contributed by atoms with Crippen LogP contribution in [0.4, 0.5) is 15.3 Å². The van der Waals surface area contributed by atoms with E-state index in [0.29, 0.717) is 16.4 Å². The van der Waals surface area contributed by atoms with Gasteiger partial charge in [0.25, 0.3) is 0 Å². The number of amides is 1. The van der Waals surface area contributed by atoms with Gasteiger partial charge in [0.1, 0.15) is 0 Å². The van der Waals surface area contributed by atoms with Crippen LogP contribution in [0.15, 0.2) is 12.1 Å². The average Bonchev–Trinajstić information content (AvgIpc) is 2.62. The lowest BCUT2D eigenvalue weighted by Crippen LogP contribution is -2.26. The summed E-state index contributed by atoms with van der Waals surface area (Å²) in [6.07, 6.45) is -0.00966. The summed E-state index contributed by atoms with van der Waals surface area (Å²) in [5.41, 5.74) is 7.40. The fraction of sp³-hybridized carbons (Fsp3) is 0.417. The van der Waals surface area contributed by atoms with Crippen LogP contribution in [-0.2, 0) is 15.0 Å². The zero-order chi connectivity index (χ0) is 15.1. The highest BCUT2D eigenvalue weighted by molar-refractivity contribution is 7.86. The molecule has 0 aliphatic carbocycles. The van der Waals surface area contributed by atoms with E-state index in [-0.39, 0.29) is 18.9 Å². The lowest BCUT2D eigenvalue weighted by molar-refractivity contribution is -0.117.